The molecule has 3 heterocycles. The highest BCUT2D eigenvalue weighted by molar-refractivity contribution is 5.95. The molecule has 0 saturated heterocycles. The lowest BCUT2D eigenvalue weighted by Gasteiger charge is -2.28. The standard InChI is InChI=1S/C12H10N4O4/c1-20-8-3-2-6-9-7(4-13-10(6)16-8)14-5-15-12(9,19)11(17)18/h2-5,19H,1H3,(H,14,15)(H,17,18). The molecule has 2 aromatic rings. The Morgan fingerprint density at radius 1 is 1.45 bits per heavy atom. The van der Waals surface area contributed by atoms with Crippen molar-refractivity contribution in [3.63, 3.8) is 0 Å². The number of carbonyl (C=O) groups is 1. The fourth-order valence-corrected chi connectivity index (χ4v) is 2.08. The van der Waals surface area contributed by atoms with Crippen LogP contribution in [0.5, 0.6) is 5.88 Å². The van der Waals surface area contributed by atoms with E-state index in [0.717, 1.165) is 6.34 Å². The van der Waals surface area contributed by atoms with Gasteiger partial charge in [0, 0.05) is 11.5 Å². The lowest BCUT2D eigenvalue weighted by Crippen LogP contribution is -2.50. The summed E-state index contributed by atoms with van der Waals surface area (Å²) in [6.45, 7) is 0. The Kier molecular flexibility index (Phi) is 2.54. The zero-order chi connectivity index (χ0) is 14.3. The molecule has 0 saturated carbocycles. The molecule has 0 spiro atoms. The van der Waals surface area contributed by atoms with Crippen molar-refractivity contribution in [2.24, 2.45) is 4.99 Å². The number of hydrogen-bond acceptors (Lipinski definition) is 7. The fourth-order valence-electron chi connectivity index (χ4n) is 2.08. The number of ether oxygens (including phenoxy) is 1. The van der Waals surface area contributed by atoms with Crippen LogP contribution < -0.4 is 10.1 Å². The number of rotatable bonds is 2. The topological polar surface area (TPSA) is 117 Å². The van der Waals surface area contributed by atoms with Crippen LogP contribution in [-0.4, -0.2) is 39.6 Å². The molecule has 1 atom stereocenters. The molecule has 0 amide bonds. The van der Waals surface area contributed by atoms with Crippen molar-refractivity contribution in [2.45, 2.75) is 5.72 Å². The third kappa shape index (κ3) is 1.58. The van der Waals surface area contributed by atoms with Gasteiger partial charge >= 0.3 is 5.97 Å². The molecule has 3 N–H and O–H groups in total. The molecule has 2 aromatic heterocycles. The normalized spacial score (nSPS) is 20.3. The summed E-state index contributed by atoms with van der Waals surface area (Å²) in [7, 11) is 1.46. The SMILES string of the molecule is COc1ccc2c3c(cnc2n1)N=CNC3(O)C(=O)O. The number of aliphatic imine (C=N–C) groups is 1. The van der Waals surface area contributed by atoms with Crippen molar-refractivity contribution in [3.8, 4) is 5.88 Å². The van der Waals surface area contributed by atoms with E-state index in [0.29, 0.717) is 11.3 Å². The lowest BCUT2D eigenvalue weighted by atomic mass is 9.97. The predicted octanol–water partition coefficient (Wildman–Crippen LogP) is 0.131. The zero-order valence-corrected chi connectivity index (χ0v) is 10.4. The van der Waals surface area contributed by atoms with Gasteiger partial charge in [0.25, 0.3) is 5.72 Å². The summed E-state index contributed by atoms with van der Waals surface area (Å²) in [6.07, 6.45) is 2.48. The molecule has 0 radical (unpaired) electrons. The van der Waals surface area contributed by atoms with E-state index in [1.54, 1.807) is 12.1 Å². The van der Waals surface area contributed by atoms with Crippen LogP contribution in [0.1, 0.15) is 5.56 Å². The van der Waals surface area contributed by atoms with Crippen LogP contribution in [0.15, 0.2) is 23.3 Å². The molecule has 8 nitrogen and oxygen atoms in total. The van der Waals surface area contributed by atoms with Crippen LogP contribution >= 0.6 is 0 Å². The number of aliphatic hydroxyl groups is 1. The molecule has 0 aliphatic carbocycles. The maximum absolute atomic E-state index is 11.4. The Morgan fingerprint density at radius 3 is 2.95 bits per heavy atom. The highest BCUT2D eigenvalue weighted by atomic mass is 16.5. The zero-order valence-electron chi connectivity index (χ0n) is 10.4. The largest absolute Gasteiger partial charge is 0.481 e. The van der Waals surface area contributed by atoms with Crippen LogP contribution in [0, 0.1) is 0 Å². The van der Waals surface area contributed by atoms with Crippen LogP contribution in [-0.2, 0) is 10.5 Å². The fraction of sp³-hybridized carbons (Fsp3) is 0.167. The number of nitrogens with zero attached hydrogens (tertiary/aromatic N) is 3. The first-order valence-electron chi connectivity index (χ1n) is 5.66. The molecule has 3 rings (SSSR count). The quantitative estimate of drug-likeness (QED) is 0.712. The van der Waals surface area contributed by atoms with E-state index in [4.69, 9.17) is 4.74 Å². The van der Waals surface area contributed by atoms with Gasteiger partial charge in [-0.3, -0.25) is 0 Å². The van der Waals surface area contributed by atoms with Gasteiger partial charge in [-0.15, -0.1) is 0 Å². The molecule has 0 bridgehead atoms. The second-order valence-corrected chi connectivity index (χ2v) is 4.16. The molecule has 102 valence electrons. The summed E-state index contributed by atoms with van der Waals surface area (Å²) in [5.41, 5.74) is -1.63. The number of nitrogens with one attached hydrogen (secondary N) is 1. The van der Waals surface area contributed by atoms with E-state index in [2.05, 4.69) is 20.3 Å². The number of hydrogen-bond donors (Lipinski definition) is 3. The van der Waals surface area contributed by atoms with Crippen molar-refractivity contribution in [1.82, 2.24) is 15.3 Å². The molecular weight excluding hydrogens is 264 g/mol. The molecule has 1 aliphatic heterocycles. The minimum atomic E-state index is -2.27. The van der Waals surface area contributed by atoms with Gasteiger partial charge in [-0.1, -0.05) is 0 Å². The second-order valence-electron chi connectivity index (χ2n) is 4.16. The number of fused-ring (bicyclic) bond motifs is 3. The molecule has 1 unspecified atom stereocenters. The lowest BCUT2D eigenvalue weighted by molar-refractivity contribution is -0.161. The Hall–Kier alpha value is -2.74. The number of aliphatic carboxylic acids is 1. The molecule has 0 aromatic carbocycles. The monoisotopic (exact) mass is 274 g/mol. The third-order valence-corrected chi connectivity index (χ3v) is 3.04. The Balaban J connectivity index is 2.36. The highest BCUT2D eigenvalue weighted by Crippen LogP contribution is 2.36. The molecule has 1 aliphatic rings. The van der Waals surface area contributed by atoms with Gasteiger partial charge in [-0.2, -0.15) is 4.98 Å². The molecule has 0 fully saturated rings. The Bertz CT molecular complexity index is 746. The molecule has 8 heteroatoms. The average Bonchev–Trinajstić information content (AvgIpc) is 2.46. The maximum atomic E-state index is 11.4. The summed E-state index contributed by atoms with van der Waals surface area (Å²) in [4.78, 5) is 23.5. The molecular formula is C12H10N4O4. The summed E-state index contributed by atoms with van der Waals surface area (Å²) in [5.74, 6) is -1.09. The predicted molar refractivity (Wildman–Crippen MR) is 68.9 cm³/mol. The first-order valence-corrected chi connectivity index (χ1v) is 5.66. The van der Waals surface area contributed by atoms with Crippen LogP contribution in [0.25, 0.3) is 11.0 Å². The minimum absolute atomic E-state index is 0.104. The first-order chi connectivity index (χ1) is 9.56. The van der Waals surface area contributed by atoms with Gasteiger partial charge in [0.15, 0.2) is 5.65 Å². The van der Waals surface area contributed by atoms with E-state index in [1.165, 1.54) is 13.3 Å². The highest BCUT2D eigenvalue weighted by Gasteiger charge is 2.43. The van der Waals surface area contributed by atoms with Crippen molar-refractivity contribution >= 4 is 29.0 Å². The van der Waals surface area contributed by atoms with Crippen LogP contribution in [0.2, 0.25) is 0 Å². The van der Waals surface area contributed by atoms with E-state index < -0.39 is 11.7 Å². The third-order valence-electron chi connectivity index (χ3n) is 3.04. The second kappa shape index (κ2) is 4.14. The first kappa shape index (κ1) is 12.3. The van der Waals surface area contributed by atoms with Crippen molar-refractivity contribution < 1.29 is 19.7 Å². The van der Waals surface area contributed by atoms with Gasteiger partial charge in [0.05, 0.1) is 30.9 Å². The summed E-state index contributed by atoms with van der Waals surface area (Å²) in [5, 5.41) is 22.3. The van der Waals surface area contributed by atoms with E-state index in [1.807, 2.05) is 0 Å². The van der Waals surface area contributed by atoms with E-state index in [9.17, 15) is 15.0 Å². The summed E-state index contributed by atoms with van der Waals surface area (Å²) >= 11 is 0. The van der Waals surface area contributed by atoms with E-state index >= 15 is 0 Å². The van der Waals surface area contributed by atoms with Gasteiger partial charge in [0.2, 0.25) is 5.88 Å². The summed E-state index contributed by atoms with van der Waals surface area (Å²) in [6, 6.07) is 3.15. The molecule has 20 heavy (non-hydrogen) atoms. The van der Waals surface area contributed by atoms with Crippen molar-refractivity contribution in [2.75, 3.05) is 7.11 Å². The maximum Gasteiger partial charge on any atom is 0.362 e. The minimum Gasteiger partial charge on any atom is -0.481 e. The van der Waals surface area contributed by atoms with Gasteiger partial charge < -0.3 is 20.3 Å². The van der Waals surface area contributed by atoms with Crippen LogP contribution in [0.3, 0.4) is 0 Å². The smallest absolute Gasteiger partial charge is 0.362 e. The van der Waals surface area contributed by atoms with Crippen LogP contribution in [0.4, 0.5) is 5.69 Å². The van der Waals surface area contributed by atoms with E-state index in [-0.39, 0.29) is 16.9 Å². The average molecular weight is 274 g/mol. The van der Waals surface area contributed by atoms with Crippen molar-refractivity contribution in [1.29, 1.82) is 0 Å². The Labute approximate surface area is 112 Å². The van der Waals surface area contributed by atoms with Crippen molar-refractivity contribution in [3.05, 3.63) is 23.9 Å². The van der Waals surface area contributed by atoms with Gasteiger partial charge in [-0.05, 0) is 6.07 Å². The number of carboxylic acids is 1. The van der Waals surface area contributed by atoms with Gasteiger partial charge in [-0.25, -0.2) is 14.8 Å². The number of pyridine rings is 2. The summed E-state index contributed by atoms with van der Waals surface area (Å²) < 4.78 is 4.99. The number of carboxylic acid groups (broad SMARTS) is 1. The number of methoxy groups -OCH3 is 1. The number of aromatic nitrogens is 2. The van der Waals surface area contributed by atoms with Gasteiger partial charge in [0.1, 0.15) is 0 Å². The Morgan fingerprint density at radius 2 is 2.25 bits per heavy atom.